The van der Waals surface area contributed by atoms with Crippen molar-refractivity contribution in [2.24, 2.45) is 16.7 Å². The third-order valence-corrected chi connectivity index (χ3v) is 6.30. The summed E-state index contributed by atoms with van der Waals surface area (Å²) >= 11 is 3.40. The number of halogens is 1. The summed E-state index contributed by atoms with van der Waals surface area (Å²) in [5, 5.41) is 10.8. The number of ketones is 3. The first kappa shape index (κ1) is 21.0. The summed E-state index contributed by atoms with van der Waals surface area (Å²) in [6.07, 6.45) is 1.25. The molecule has 4 nitrogen and oxygen atoms in total. The van der Waals surface area contributed by atoms with E-state index in [1.165, 1.54) is 0 Å². The zero-order chi connectivity index (χ0) is 20.9. The Morgan fingerprint density at radius 3 is 1.89 bits per heavy atom. The first-order valence-corrected chi connectivity index (χ1v) is 10.5. The van der Waals surface area contributed by atoms with E-state index in [9.17, 15) is 19.5 Å². The summed E-state index contributed by atoms with van der Waals surface area (Å²) in [5.41, 5.74) is 0.249. The number of aliphatic hydroxyl groups excluding tert-OH is 1. The number of benzene rings is 1. The Kier molecular flexibility index (Phi) is 5.43. The predicted molar refractivity (Wildman–Crippen MR) is 111 cm³/mol. The van der Waals surface area contributed by atoms with Crippen LogP contribution in [0.2, 0.25) is 0 Å². The van der Waals surface area contributed by atoms with E-state index in [1.54, 1.807) is 0 Å². The minimum Gasteiger partial charge on any atom is -0.512 e. The molecular weight excluding hydrogens is 420 g/mol. The van der Waals surface area contributed by atoms with E-state index in [2.05, 4.69) is 15.9 Å². The highest BCUT2D eigenvalue weighted by Crippen LogP contribution is 2.47. The Bertz CT molecular complexity index is 841. The maximum absolute atomic E-state index is 13.0. The van der Waals surface area contributed by atoms with Gasteiger partial charge < -0.3 is 5.11 Å². The molecule has 0 heterocycles. The molecule has 150 valence electrons. The molecule has 1 aromatic rings. The van der Waals surface area contributed by atoms with E-state index in [0.29, 0.717) is 31.2 Å². The average Bonchev–Trinajstić information content (AvgIpc) is 2.50. The molecule has 1 fully saturated rings. The lowest BCUT2D eigenvalue weighted by molar-refractivity contribution is -0.140. The number of allylic oxidation sites excluding steroid dienone is 2. The van der Waals surface area contributed by atoms with Gasteiger partial charge in [-0.2, -0.15) is 0 Å². The second kappa shape index (κ2) is 7.25. The van der Waals surface area contributed by atoms with E-state index in [-0.39, 0.29) is 39.5 Å². The van der Waals surface area contributed by atoms with Crippen LogP contribution in [0, 0.1) is 16.7 Å². The van der Waals surface area contributed by atoms with Gasteiger partial charge in [-0.1, -0.05) is 55.8 Å². The monoisotopic (exact) mass is 446 g/mol. The molecule has 0 radical (unpaired) electrons. The minimum absolute atomic E-state index is 0.0135. The van der Waals surface area contributed by atoms with Crippen LogP contribution in [0.3, 0.4) is 0 Å². The number of hydrogen-bond donors (Lipinski definition) is 1. The van der Waals surface area contributed by atoms with Crippen molar-refractivity contribution in [2.45, 2.75) is 59.3 Å². The second-order valence-corrected chi connectivity index (χ2v) is 10.7. The van der Waals surface area contributed by atoms with Gasteiger partial charge in [0.25, 0.3) is 0 Å². The average molecular weight is 447 g/mol. The molecule has 1 saturated carbocycles. The molecule has 1 aromatic carbocycles. The standard InChI is InChI=1S/C23H27BrO4/c1-22(2)9-15(25)20(16(26)10-22)19(13-5-7-14(24)8-6-13)21-17(27)11-23(3,4)12-18(21)28/h5-8,19-20,27H,9-12H2,1-4H3/t19-/m1/s1. The third-order valence-electron chi connectivity index (χ3n) is 5.77. The van der Waals surface area contributed by atoms with Crippen LogP contribution < -0.4 is 0 Å². The molecule has 0 spiro atoms. The zero-order valence-corrected chi connectivity index (χ0v) is 18.4. The SMILES string of the molecule is CC1(C)CC(=O)C([C@H](C2=C(O)CC(C)(C)CC2=O)c2ccc(Br)cc2)C(=O)C1. The van der Waals surface area contributed by atoms with Gasteiger partial charge >= 0.3 is 0 Å². The van der Waals surface area contributed by atoms with Crippen molar-refractivity contribution in [1.82, 2.24) is 0 Å². The predicted octanol–water partition coefficient (Wildman–Crippen LogP) is 5.31. The van der Waals surface area contributed by atoms with Crippen LogP contribution in [-0.2, 0) is 14.4 Å². The normalized spacial score (nSPS) is 23.8. The van der Waals surface area contributed by atoms with Gasteiger partial charge in [-0.15, -0.1) is 0 Å². The molecule has 0 amide bonds. The minimum atomic E-state index is -0.920. The van der Waals surface area contributed by atoms with E-state index in [1.807, 2.05) is 52.0 Å². The van der Waals surface area contributed by atoms with Crippen molar-refractivity contribution < 1.29 is 19.5 Å². The number of Topliss-reactive ketones (excluding diaryl/α,β-unsaturated/α-hetero) is 3. The highest BCUT2D eigenvalue weighted by Gasteiger charge is 2.48. The lowest BCUT2D eigenvalue weighted by atomic mass is 9.62. The van der Waals surface area contributed by atoms with Crippen molar-refractivity contribution >= 4 is 33.3 Å². The van der Waals surface area contributed by atoms with Gasteiger partial charge in [0.2, 0.25) is 0 Å². The van der Waals surface area contributed by atoms with Crippen molar-refractivity contribution in [3.05, 3.63) is 45.6 Å². The maximum Gasteiger partial charge on any atom is 0.163 e. The summed E-state index contributed by atoms with van der Waals surface area (Å²) < 4.78 is 0.867. The van der Waals surface area contributed by atoms with Gasteiger partial charge in [-0.05, 0) is 28.5 Å². The van der Waals surface area contributed by atoms with E-state index in [0.717, 1.165) is 4.47 Å². The van der Waals surface area contributed by atoms with Crippen LogP contribution in [0.25, 0.3) is 0 Å². The van der Waals surface area contributed by atoms with E-state index in [4.69, 9.17) is 0 Å². The molecule has 0 bridgehead atoms. The van der Waals surface area contributed by atoms with Crippen LogP contribution in [0.1, 0.15) is 64.9 Å². The van der Waals surface area contributed by atoms with E-state index < -0.39 is 11.8 Å². The van der Waals surface area contributed by atoms with Crippen molar-refractivity contribution in [3.63, 3.8) is 0 Å². The first-order valence-electron chi connectivity index (χ1n) is 9.66. The molecule has 1 atom stereocenters. The molecule has 0 saturated heterocycles. The Hall–Kier alpha value is -1.75. The zero-order valence-electron chi connectivity index (χ0n) is 16.8. The summed E-state index contributed by atoms with van der Waals surface area (Å²) in [6, 6.07) is 7.31. The summed E-state index contributed by atoms with van der Waals surface area (Å²) in [7, 11) is 0. The van der Waals surface area contributed by atoms with Crippen molar-refractivity contribution in [3.8, 4) is 0 Å². The van der Waals surface area contributed by atoms with E-state index >= 15 is 0 Å². The topological polar surface area (TPSA) is 71.4 Å². The van der Waals surface area contributed by atoms with Crippen LogP contribution in [0.4, 0.5) is 0 Å². The van der Waals surface area contributed by atoms with Crippen molar-refractivity contribution in [1.29, 1.82) is 0 Å². The first-order chi connectivity index (χ1) is 12.9. The largest absolute Gasteiger partial charge is 0.512 e. The fraction of sp³-hybridized carbons (Fsp3) is 0.522. The molecule has 0 unspecified atom stereocenters. The fourth-order valence-corrected chi connectivity index (χ4v) is 4.89. The number of carbonyl (C=O) groups excluding carboxylic acids is 3. The number of carbonyl (C=O) groups is 3. The lowest BCUT2D eigenvalue weighted by Gasteiger charge is -2.39. The van der Waals surface area contributed by atoms with Gasteiger partial charge in [0.1, 0.15) is 17.3 Å². The molecule has 0 aliphatic heterocycles. The molecule has 1 N–H and O–H groups in total. The Morgan fingerprint density at radius 1 is 0.893 bits per heavy atom. The fourth-order valence-electron chi connectivity index (χ4n) is 4.63. The van der Waals surface area contributed by atoms with Gasteiger partial charge in [-0.3, -0.25) is 14.4 Å². The maximum atomic E-state index is 13.0. The summed E-state index contributed by atoms with van der Waals surface area (Å²) in [5.74, 6) is -2.10. The quantitative estimate of drug-likeness (QED) is 0.638. The summed E-state index contributed by atoms with van der Waals surface area (Å²) in [6.45, 7) is 7.70. The van der Waals surface area contributed by atoms with Gasteiger partial charge in [-0.25, -0.2) is 0 Å². The molecular formula is C23H27BrO4. The Balaban J connectivity index is 2.14. The second-order valence-electron chi connectivity index (χ2n) is 9.76. The van der Waals surface area contributed by atoms with Gasteiger partial charge in [0.05, 0.1) is 5.92 Å². The lowest BCUT2D eigenvalue weighted by Crippen LogP contribution is -2.43. The smallest absolute Gasteiger partial charge is 0.163 e. The molecule has 0 aromatic heterocycles. The van der Waals surface area contributed by atoms with Crippen LogP contribution >= 0.6 is 15.9 Å². The molecule has 2 aliphatic carbocycles. The number of aliphatic hydroxyl groups is 1. The molecule has 28 heavy (non-hydrogen) atoms. The summed E-state index contributed by atoms with van der Waals surface area (Å²) in [4.78, 5) is 39.1. The highest BCUT2D eigenvalue weighted by molar-refractivity contribution is 9.10. The molecule has 5 heteroatoms. The Labute approximate surface area is 174 Å². The van der Waals surface area contributed by atoms with Gasteiger partial charge in [0, 0.05) is 41.6 Å². The number of hydrogen-bond acceptors (Lipinski definition) is 4. The Morgan fingerprint density at radius 2 is 1.39 bits per heavy atom. The third kappa shape index (κ3) is 4.14. The number of rotatable bonds is 3. The van der Waals surface area contributed by atoms with Crippen LogP contribution in [-0.4, -0.2) is 22.5 Å². The van der Waals surface area contributed by atoms with Crippen LogP contribution in [0.5, 0.6) is 0 Å². The molecule has 2 aliphatic rings. The molecule has 3 rings (SSSR count). The van der Waals surface area contributed by atoms with Crippen LogP contribution in [0.15, 0.2) is 40.1 Å². The highest BCUT2D eigenvalue weighted by atomic mass is 79.9. The van der Waals surface area contributed by atoms with Crippen molar-refractivity contribution in [2.75, 3.05) is 0 Å². The van der Waals surface area contributed by atoms with Gasteiger partial charge in [0.15, 0.2) is 5.78 Å².